The van der Waals surface area contributed by atoms with Crippen LogP contribution in [0.25, 0.3) is 22.0 Å². The van der Waals surface area contributed by atoms with Gasteiger partial charge in [-0.05, 0) is 73.7 Å². The number of carbonyl (C=O) groups is 1. The molecule has 2 aromatic carbocycles. The van der Waals surface area contributed by atoms with Crippen molar-refractivity contribution in [2.45, 2.75) is 30.8 Å². The summed E-state index contributed by atoms with van der Waals surface area (Å²) in [5, 5.41) is 16.1. The summed E-state index contributed by atoms with van der Waals surface area (Å²) < 4.78 is 6.82. The molecule has 0 aliphatic heterocycles. The van der Waals surface area contributed by atoms with Crippen LogP contribution < -0.4 is 15.7 Å². The second kappa shape index (κ2) is 12.3. The minimum Gasteiger partial charge on any atom is -0.497 e. The van der Waals surface area contributed by atoms with E-state index in [2.05, 4.69) is 10.5 Å². The molecule has 0 saturated carbocycles. The number of hydrogen-bond acceptors (Lipinski definition) is 9. The van der Waals surface area contributed by atoms with Crippen molar-refractivity contribution in [2.75, 3.05) is 12.9 Å². The van der Waals surface area contributed by atoms with Gasteiger partial charge in [-0.15, -0.1) is 11.3 Å². The Morgan fingerprint density at radius 2 is 2.00 bits per heavy atom. The van der Waals surface area contributed by atoms with E-state index in [1.54, 1.807) is 65.5 Å². The number of aromatic nitrogens is 2. The highest BCUT2D eigenvalue weighted by molar-refractivity contribution is 7.99. The van der Waals surface area contributed by atoms with Crippen molar-refractivity contribution in [3.8, 4) is 11.4 Å². The van der Waals surface area contributed by atoms with E-state index in [1.165, 1.54) is 29.3 Å². The number of rotatable bonds is 9. The molecule has 0 radical (unpaired) electrons. The average molecular weight is 576 g/mol. The summed E-state index contributed by atoms with van der Waals surface area (Å²) in [5.41, 5.74) is 4.43. The fourth-order valence-electron chi connectivity index (χ4n) is 4.50. The number of nitro benzene ring substituents is 1. The molecule has 1 amide bonds. The molecule has 0 fully saturated rings. The Bertz CT molecular complexity index is 1690. The van der Waals surface area contributed by atoms with Gasteiger partial charge in [0.05, 0.1) is 34.4 Å². The molecule has 0 bridgehead atoms. The molecule has 0 atom stereocenters. The van der Waals surface area contributed by atoms with Gasteiger partial charge in [-0.3, -0.25) is 24.3 Å². The van der Waals surface area contributed by atoms with Crippen LogP contribution in [0, 0.1) is 10.1 Å². The predicted octanol–water partition coefficient (Wildman–Crippen LogP) is 5.15. The first kappa shape index (κ1) is 27.3. The highest BCUT2D eigenvalue weighted by Crippen LogP contribution is 2.35. The van der Waals surface area contributed by atoms with E-state index in [-0.39, 0.29) is 22.9 Å². The summed E-state index contributed by atoms with van der Waals surface area (Å²) in [5.74, 6) is 0.257. The average Bonchev–Trinajstić information content (AvgIpc) is 3.35. The van der Waals surface area contributed by atoms with Gasteiger partial charge in [-0.1, -0.05) is 23.9 Å². The fraction of sp³-hybridized carbons (Fsp3) is 0.214. The number of nitrogens with zero attached hydrogens (tertiary/aromatic N) is 4. The van der Waals surface area contributed by atoms with E-state index in [9.17, 15) is 19.7 Å². The number of amides is 1. The normalized spacial score (nSPS) is 13.1. The number of benzene rings is 2. The van der Waals surface area contributed by atoms with Crippen LogP contribution in [0.15, 0.2) is 69.7 Å². The SMILES string of the molecule is COc1ccc(-n2c(SCC(=O)NN=CC=Cc3ccccc3[N+](=O)[O-])nc3sc4c(c3c2=O)CCCC4)cc1. The Balaban J connectivity index is 1.35. The quantitative estimate of drug-likeness (QED) is 0.0961. The highest BCUT2D eigenvalue weighted by Gasteiger charge is 2.23. The minimum absolute atomic E-state index is 0.0217. The molecule has 0 saturated heterocycles. The van der Waals surface area contributed by atoms with Crippen LogP contribution in [0.2, 0.25) is 0 Å². The van der Waals surface area contributed by atoms with Crippen LogP contribution in [-0.2, 0) is 17.6 Å². The number of fused-ring (bicyclic) bond motifs is 3. The van der Waals surface area contributed by atoms with Crippen molar-refractivity contribution >= 4 is 57.2 Å². The number of hydrogen-bond donors (Lipinski definition) is 1. The Morgan fingerprint density at radius 3 is 2.77 bits per heavy atom. The van der Waals surface area contributed by atoms with Gasteiger partial charge < -0.3 is 4.74 Å². The second-order valence-electron chi connectivity index (χ2n) is 8.90. The molecule has 2 heterocycles. The lowest BCUT2D eigenvalue weighted by molar-refractivity contribution is -0.385. The van der Waals surface area contributed by atoms with Crippen molar-refractivity contribution < 1.29 is 14.5 Å². The lowest BCUT2D eigenvalue weighted by atomic mass is 9.97. The highest BCUT2D eigenvalue weighted by atomic mass is 32.2. The summed E-state index contributed by atoms with van der Waals surface area (Å²) in [6.07, 6.45) is 8.36. The molecule has 4 aromatic rings. The predicted molar refractivity (Wildman–Crippen MR) is 158 cm³/mol. The number of methoxy groups -OCH3 is 1. The summed E-state index contributed by atoms with van der Waals surface area (Å²) >= 11 is 2.71. The molecule has 0 unspecified atom stereocenters. The zero-order chi connectivity index (χ0) is 28.1. The number of carbonyl (C=O) groups excluding carboxylic acids is 1. The Labute approximate surface area is 237 Å². The fourth-order valence-corrected chi connectivity index (χ4v) is 6.61. The lowest BCUT2D eigenvalue weighted by Crippen LogP contribution is -2.24. The van der Waals surface area contributed by atoms with E-state index in [0.29, 0.717) is 32.4 Å². The topological polar surface area (TPSA) is 129 Å². The number of para-hydroxylation sites is 1. The molecular weight excluding hydrogens is 550 g/mol. The van der Waals surface area contributed by atoms with Gasteiger partial charge in [-0.25, -0.2) is 10.4 Å². The molecule has 1 aliphatic rings. The third-order valence-corrected chi connectivity index (χ3v) is 8.50. The van der Waals surface area contributed by atoms with Crippen molar-refractivity contribution in [1.29, 1.82) is 0 Å². The second-order valence-corrected chi connectivity index (χ2v) is 10.9. The van der Waals surface area contributed by atoms with Gasteiger partial charge in [0, 0.05) is 17.2 Å². The van der Waals surface area contributed by atoms with E-state index >= 15 is 0 Å². The number of allylic oxidation sites excluding steroid dienone is 1. The number of thioether (sulfide) groups is 1. The molecule has 1 aliphatic carbocycles. The maximum Gasteiger partial charge on any atom is 0.276 e. The number of aryl methyl sites for hydroxylation is 2. The molecule has 12 heteroatoms. The summed E-state index contributed by atoms with van der Waals surface area (Å²) in [7, 11) is 1.58. The monoisotopic (exact) mass is 575 g/mol. The van der Waals surface area contributed by atoms with E-state index < -0.39 is 4.92 Å². The van der Waals surface area contributed by atoms with Crippen molar-refractivity contribution in [3.05, 3.63) is 91.1 Å². The zero-order valence-corrected chi connectivity index (χ0v) is 23.2. The number of nitrogens with one attached hydrogen (secondary N) is 1. The van der Waals surface area contributed by atoms with Crippen molar-refractivity contribution in [1.82, 2.24) is 15.0 Å². The van der Waals surface area contributed by atoms with Crippen LogP contribution in [-0.4, -0.2) is 39.5 Å². The van der Waals surface area contributed by atoms with Crippen LogP contribution in [0.4, 0.5) is 5.69 Å². The Morgan fingerprint density at radius 1 is 1.23 bits per heavy atom. The molecule has 2 aromatic heterocycles. The first-order valence-corrected chi connectivity index (χ1v) is 14.3. The van der Waals surface area contributed by atoms with Gasteiger partial charge in [0.1, 0.15) is 10.6 Å². The van der Waals surface area contributed by atoms with E-state index in [1.807, 2.05) is 0 Å². The summed E-state index contributed by atoms with van der Waals surface area (Å²) in [6, 6.07) is 13.5. The number of hydrazone groups is 1. The zero-order valence-electron chi connectivity index (χ0n) is 21.5. The lowest BCUT2D eigenvalue weighted by Gasteiger charge is -2.14. The minimum atomic E-state index is -0.460. The first-order valence-electron chi connectivity index (χ1n) is 12.5. The molecule has 40 heavy (non-hydrogen) atoms. The van der Waals surface area contributed by atoms with Gasteiger partial charge >= 0.3 is 0 Å². The molecule has 0 spiro atoms. The molecule has 10 nitrogen and oxygen atoms in total. The third kappa shape index (κ3) is 5.82. The van der Waals surface area contributed by atoms with E-state index in [0.717, 1.165) is 43.0 Å². The molecular formula is C28H25N5O5S2. The van der Waals surface area contributed by atoms with Crippen molar-refractivity contribution in [2.24, 2.45) is 5.10 Å². The van der Waals surface area contributed by atoms with Crippen LogP contribution in [0.5, 0.6) is 5.75 Å². The van der Waals surface area contributed by atoms with Crippen LogP contribution in [0.3, 0.4) is 0 Å². The maximum absolute atomic E-state index is 13.8. The standard InChI is InChI=1S/C28H25N5O5S2/c1-38-20-14-12-19(13-15-20)32-27(35)25-21-9-3-5-11-23(21)40-26(25)30-28(32)39-17-24(34)31-29-16-6-8-18-7-2-4-10-22(18)33(36)37/h2,4,6-8,10,12-16H,3,5,9,11,17H2,1H3,(H,31,34). The van der Waals surface area contributed by atoms with Crippen LogP contribution in [0.1, 0.15) is 28.8 Å². The molecule has 5 rings (SSSR count). The smallest absolute Gasteiger partial charge is 0.276 e. The van der Waals surface area contributed by atoms with Crippen LogP contribution >= 0.6 is 23.1 Å². The summed E-state index contributed by atoms with van der Waals surface area (Å²) in [4.78, 5) is 43.8. The Kier molecular flexibility index (Phi) is 8.37. The van der Waals surface area contributed by atoms with E-state index in [4.69, 9.17) is 9.72 Å². The maximum atomic E-state index is 13.8. The van der Waals surface area contributed by atoms with Gasteiger partial charge in [0.15, 0.2) is 5.16 Å². The van der Waals surface area contributed by atoms with Gasteiger partial charge in [-0.2, -0.15) is 5.10 Å². The number of ether oxygens (including phenoxy) is 1. The largest absolute Gasteiger partial charge is 0.497 e. The third-order valence-electron chi connectivity index (χ3n) is 6.38. The molecule has 204 valence electrons. The molecule has 1 N–H and O–H groups in total. The Hall–Kier alpha value is -4.29. The first-order chi connectivity index (χ1) is 19.5. The van der Waals surface area contributed by atoms with Gasteiger partial charge in [0.2, 0.25) is 0 Å². The number of nitro groups is 1. The van der Waals surface area contributed by atoms with Crippen molar-refractivity contribution in [3.63, 3.8) is 0 Å². The van der Waals surface area contributed by atoms with Gasteiger partial charge in [0.25, 0.3) is 17.2 Å². The number of thiophene rings is 1. The summed E-state index contributed by atoms with van der Waals surface area (Å²) in [6.45, 7) is 0.